The van der Waals surface area contributed by atoms with Gasteiger partial charge in [-0.25, -0.2) is 0 Å². The van der Waals surface area contributed by atoms with Crippen molar-refractivity contribution in [3.05, 3.63) is 12.4 Å². The number of hydrogen-bond donors (Lipinski definition) is 2. The van der Waals surface area contributed by atoms with Gasteiger partial charge in [0.25, 0.3) is 0 Å². The van der Waals surface area contributed by atoms with Crippen LogP contribution in [0.5, 0.6) is 0 Å². The lowest BCUT2D eigenvalue weighted by atomic mass is 10.2. The Hall–Kier alpha value is -1.03. The van der Waals surface area contributed by atoms with Crippen LogP contribution in [0.25, 0.3) is 0 Å². The summed E-state index contributed by atoms with van der Waals surface area (Å²) in [5.41, 5.74) is 1.13. The molecule has 2 N–H and O–H groups in total. The standard InChI is InChI=1S/C10H18N4/c1-8(2)14-7-10(6-12-14)13-9-3-4-11-5-9/h6-9,11,13H,3-5H2,1-2H3. The molecule has 1 aliphatic heterocycles. The predicted molar refractivity (Wildman–Crippen MR) is 57.5 cm³/mol. The number of rotatable bonds is 3. The fraction of sp³-hybridized carbons (Fsp3) is 0.700. The molecule has 2 heterocycles. The summed E-state index contributed by atoms with van der Waals surface area (Å²) in [7, 11) is 0. The van der Waals surface area contributed by atoms with Crippen molar-refractivity contribution in [2.24, 2.45) is 0 Å². The number of nitrogens with one attached hydrogen (secondary N) is 2. The Bertz CT molecular complexity index is 286. The van der Waals surface area contributed by atoms with Gasteiger partial charge in [0.15, 0.2) is 0 Å². The van der Waals surface area contributed by atoms with Crippen LogP contribution in [0.3, 0.4) is 0 Å². The van der Waals surface area contributed by atoms with Crippen molar-refractivity contribution in [1.82, 2.24) is 15.1 Å². The van der Waals surface area contributed by atoms with Crippen molar-refractivity contribution < 1.29 is 0 Å². The van der Waals surface area contributed by atoms with E-state index in [-0.39, 0.29) is 0 Å². The highest BCUT2D eigenvalue weighted by atomic mass is 15.3. The Morgan fingerprint density at radius 3 is 3.07 bits per heavy atom. The van der Waals surface area contributed by atoms with E-state index < -0.39 is 0 Å². The molecule has 0 amide bonds. The van der Waals surface area contributed by atoms with E-state index in [1.165, 1.54) is 6.42 Å². The van der Waals surface area contributed by atoms with Crippen LogP contribution in [0.1, 0.15) is 26.3 Å². The molecule has 1 aromatic heterocycles. The Balaban J connectivity index is 1.95. The fourth-order valence-electron chi connectivity index (χ4n) is 1.71. The third-order valence-electron chi connectivity index (χ3n) is 2.56. The third-order valence-corrected chi connectivity index (χ3v) is 2.56. The summed E-state index contributed by atoms with van der Waals surface area (Å²) in [6.45, 7) is 6.45. The van der Waals surface area contributed by atoms with E-state index in [1.54, 1.807) is 0 Å². The molecule has 0 aliphatic carbocycles. The summed E-state index contributed by atoms with van der Waals surface area (Å²) < 4.78 is 1.98. The molecule has 4 nitrogen and oxygen atoms in total. The summed E-state index contributed by atoms with van der Waals surface area (Å²) >= 11 is 0. The molecule has 0 radical (unpaired) electrons. The lowest BCUT2D eigenvalue weighted by Crippen LogP contribution is -2.21. The first-order valence-corrected chi connectivity index (χ1v) is 5.27. The van der Waals surface area contributed by atoms with Crippen LogP contribution in [-0.4, -0.2) is 28.9 Å². The van der Waals surface area contributed by atoms with Crippen LogP contribution in [0.15, 0.2) is 12.4 Å². The highest BCUT2D eigenvalue weighted by molar-refractivity contribution is 5.39. The summed E-state index contributed by atoms with van der Waals surface area (Å²) in [6.07, 6.45) is 5.17. The van der Waals surface area contributed by atoms with E-state index in [0.29, 0.717) is 12.1 Å². The van der Waals surface area contributed by atoms with Gasteiger partial charge in [0.2, 0.25) is 0 Å². The first-order valence-electron chi connectivity index (χ1n) is 5.27. The van der Waals surface area contributed by atoms with Gasteiger partial charge in [-0.05, 0) is 26.8 Å². The second-order valence-corrected chi connectivity index (χ2v) is 4.14. The predicted octanol–water partition coefficient (Wildman–Crippen LogP) is 1.24. The summed E-state index contributed by atoms with van der Waals surface area (Å²) in [6, 6.07) is 1.01. The second-order valence-electron chi connectivity index (χ2n) is 4.14. The first-order chi connectivity index (χ1) is 6.75. The Morgan fingerprint density at radius 2 is 2.50 bits per heavy atom. The molecule has 0 spiro atoms. The molecule has 1 fully saturated rings. The fourth-order valence-corrected chi connectivity index (χ4v) is 1.71. The molecule has 0 saturated carbocycles. The van der Waals surface area contributed by atoms with E-state index in [0.717, 1.165) is 18.8 Å². The van der Waals surface area contributed by atoms with Gasteiger partial charge >= 0.3 is 0 Å². The molecule has 2 rings (SSSR count). The zero-order valence-corrected chi connectivity index (χ0v) is 8.83. The second kappa shape index (κ2) is 4.00. The molecule has 78 valence electrons. The van der Waals surface area contributed by atoms with E-state index in [1.807, 2.05) is 10.9 Å². The topological polar surface area (TPSA) is 41.9 Å². The Labute approximate surface area is 84.7 Å². The average molecular weight is 194 g/mol. The van der Waals surface area contributed by atoms with Crippen LogP contribution in [-0.2, 0) is 0 Å². The number of hydrogen-bond acceptors (Lipinski definition) is 3. The maximum atomic E-state index is 4.29. The van der Waals surface area contributed by atoms with E-state index >= 15 is 0 Å². The van der Waals surface area contributed by atoms with Crippen molar-refractivity contribution in [2.75, 3.05) is 18.4 Å². The molecule has 4 heteroatoms. The van der Waals surface area contributed by atoms with Crippen molar-refractivity contribution in [1.29, 1.82) is 0 Å². The largest absolute Gasteiger partial charge is 0.378 e. The van der Waals surface area contributed by atoms with Gasteiger partial charge in [-0.15, -0.1) is 0 Å². The third kappa shape index (κ3) is 2.07. The summed E-state index contributed by atoms with van der Waals surface area (Å²) in [5, 5.41) is 11.1. The summed E-state index contributed by atoms with van der Waals surface area (Å²) in [4.78, 5) is 0. The molecule has 0 aromatic carbocycles. The molecule has 0 bridgehead atoms. The number of aromatic nitrogens is 2. The smallest absolute Gasteiger partial charge is 0.0729 e. The van der Waals surface area contributed by atoms with E-state index in [4.69, 9.17) is 0 Å². The van der Waals surface area contributed by atoms with Gasteiger partial charge in [-0.1, -0.05) is 0 Å². The minimum absolute atomic E-state index is 0.437. The maximum absolute atomic E-state index is 4.29. The van der Waals surface area contributed by atoms with Gasteiger partial charge in [0.1, 0.15) is 0 Å². The molecule has 1 unspecified atom stereocenters. The van der Waals surface area contributed by atoms with Gasteiger partial charge < -0.3 is 10.6 Å². The molecule has 1 aromatic rings. The lowest BCUT2D eigenvalue weighted by Gasteiger charge is -2.10. The lowest BCUT2D eigenvalue weighted by molar-refractivity contribution is 0.532. The van der Waals surface area contributed by atoms with E-state index in [9.17, 15) is 0 Å². The monoisotopic (exact) mass is 194 g/mol. The van der Waals surface area contributed by atoms with Crippen molar-refractivity contribution in [2.45, 2.75) is 32.4 Å². The highest BCUT2D eigenvalue weighted by Gasteiger charge is 2.14. The minimum Gasteiger partial charge on any atom is -0.378 e. The number of nitrogens with zero attached hydrogens (tertiary/aromatic N) is 2. The zero-order valence-electron chi connectivity index (χ0n) is 8.83. The maximum Gasteiger partial charge on any atom is 0.0729 e. The van der Waals surface area contributed by atoms with Crippen LogP contribution < -0.4 is 10.6 Å². The van der Waals surface area contributed by atoms with Crippen LogP contribution >= 0.6 is 0 Å². The first kappa shape index (κ1) is 9.52. The Kier molecular flexibility index (Phi) is 2.72. The van der Waals surface area contributed by atoms with Crippen molar-refractivity contribution in [3.63, 3.8) is 0 Å². The molecule has 1 aliphatic rings. The quantitative estimate of drug-likeness (QED) is 0.760. The SMILES string of the molecule is CC(C)n1cc(NC2CCNC2)cn1. The van der Waals surface area contributed by atoms with Gasteiger partial charge in [0.05, 0.1) is 11.9 Å². The van der Waals surface area contributed by atoms with Crippen LogP contribution in [0.4, 0.5) is 5.69 Å². The Morgan fingerprint density at radius 1 is 1.64 bits per heavy atom. The minimum atomic E-state index is 0.437. The van der Waals surface area contributed by atoms with Crippen LogP contribution in [0, 0.1) is 0 Å². The molecule has 1 saturated heterocycles. The average Bonchev–Trinajstić information content (AvgIpc) is 2.75. The van der Waals surface area contributed by atoms with E-state index in [2.05, 4.69) is 35.8 Å². The van der Waals surface area contributed by atoms with Crippen molar-refractivity contribution >= 4 is 5.69 Å². The van der Waals surface area contributed by atoms with Crippen molar-refractivity contribution in [3.8, 4) is 0 Å². The molecular formula is C10H18N4. The van der Waals surface area contributed by atoms with Gasteiger partial charge in [-0.2, -0.15) is 5.10 Å². The number of anilines is 1. The highest BCUT2D eigenvalue weighted by Crippen LogP contribution is 2.12. The zero-order chi connectivity index (χ0) is 9.97. The normalized spacial score (nSPS) is 21.8. The van der Waals surface area contributed by atoms with Crippen LogP contribution in [0.2, 0.25) is 0 Å². The van der Waals surface area contributed by atoms with Gasteiger partial charge in [-0.3, -0.25) is 4.68 Å². The molecule has 14 heavy (non-hydrogen) atoms. The summed E-state index contributed by atoms with van der Waals surface area (Å²) in [5.74, 6) is 0. The molecule has 1 atom stereocenters. The van der Waals surface area contributed by atoms with Gasteiger partial charge in [0, 0.05) is 24.8 Å². The molecular weight excluding hydrogens is 176 g/mol.